The number of benzene rings is 2. The van der Waals surface area contributed by atoms with Crippen LogP contribution in [0, 0.1) is 0 Å². The summed E-state index contributed by atoms with van der Waals surface area (Å²) in [4.78, 5) is 22.7. The molecule has 2 aromatic rings. The van der Waals surface area contributed by atoms with E-state index in [4.69, 9.17) is 15.8 Å². The van der Waals surface area contributed by atoms with Crippen LogP contribution in [-0.2, 0) is 28.5 Å². The van der Waals surface area contributed by atoms with E-state index in [0.29, 0.717) is 34.8 Å². The molecule has 0 radical (unpaired) electrons. The first-order valence-electron chi connectivity index (χ1n) is 14.2. The Balaban J connectivity index is 0.000000263. The number of ether oxygens (including phenoxy) is 2. The number of aliphatic hydroxyl groups excluding tert-OH is 2. The second kappa shape index (κ2) is 18.7. The third-order valence-electron chi connectivity index (χ3n) is 6.99. The highest BCUT2D eigenvalue weighted by Crippen LogP contribution is 2.26. The largest absolute Gasteiger partial charge is 0.465 e. The topological polar surface area (TPSA) is 165 Å². The zero-order chi connectivity index (χ0) is 33.8. The van der Waals surface area contributed by atoms with E-state index < -0.39 is 37.1 Å². The summed E-state index contributed by atoms with van der Waals surface area (Å²) in [7, 11) is 0.0335. The molecule has 2 fully saturated rings. The van der Waals surface area contributed by atoms with E-state index in [2.05, 4.69) is 41.3 Å². The van der Waals surface area contributed by atoms with Gasteiger partial charge in [0.2, 0.25) is 10.0 Å². The smallest absolute Gasteiger partial charge is 0.337 e. The molecule has 1 aliphatic carbocycles. The molecule has 1 heterocycles. The van der Waals surface area contributed by atoms with Gasteiger partial charge >= 0.3 is 11.9 Å². The minimum Gasteiger partial charge on any atom is -0.465 e. The summed E-state index contributed by atoms with van der Waals surface area (Å²) in [5.74, 6) is -1.22. The van der Waals surface area contributed by atoms with Gasteiger partial charge in [0.25, 0.3) is 9.05 Å². The average Bonchev–Trinajstić information content (AvgIpc) is 3.37. The van der Waals surface area contributed by atoms with E-state index in [0.717, 1.165) is 18.9 Å². The second-order valence-electron chi connectivity index (χ2n) is 10.4. The standard InChI is InChI=1S/C14H18BrNO5S.C8H6BrClO4S.C7H14O/c1-21-14(18)10-7-11(15)9-13(8-10)22(19,20)16-5-2-3-12(17)4-6-16;1-14-8(11)5-2-6(9)4-7(3-5)15(10,12)13;8-7-5-3-1-2-4-6-7/h7-9,12,17H,2-6H2,1H3;2-4H,1H3;7-8H,1-6H2. The van der Waals surface area contributed by atoms with Gasteiger partial charge in [0, 0.05) is 32.7 Å². The van der Waals surface area contributed by atoms with Crippen LogP contribution < -0.4 is 0 Å². The lowest BCUT2D eigenvalue weighted by Crippen LogP contribution is -2.32. The molecule has 2 N–H and O–H groups in total. The molecule has 1 saturated heterocycles. The Hall–Kier alpha value is -1.59. The van der Waals surface area contributed by atoms with Gasteiger partial charge in [0.15, 0.2) is 0 Å². The van der Waals surface area contributed by atoms with E-state index in [-0.39, 0.29) is 33.6 Å². The van der Waals surface area contributed by atoms with Crippen LogP contribution >= 0.6 is 42.5 Å². The fourth-order valence-electron chi connectivity index (χ4n) is 4.59. The van der Waals surface area contributed by atoms with Gasteiger partial charge < -0.3 is 19.7 Å². The molecule has 1 atom stereocenters. The number of hydrogen-bond donors (Lipinski definition) is 2. The SMILES string of the molecule is COC(=O)c1cc(Br)cc(S(=O)(=O)Cl)c1.COC(=O)c1cc(Br)cc(S(=O)(=O)N2CCCC(O)CC2)c1.OC1CCCCCC1. The number of esters is 2. The number of nitrogens with zero attached hydrogens (tertiary/aromatic N) is 1. The number of halogens is 3. The summed E-state index contributed by atoms with van der Waals surface area (Å²) in [5, 5.41) is 18.7. The van der Waals surface area contributed by atoms with Crippen LogP contribution in [0.2, 0.25) is 0 Å². The van der Waals surface area contributed by atoms with Crippen molar-refractivity contribution in [2.24, 2.45) is 0 Å². The van der Waals surface area contributed by atoms with Crippen molar-refractivity contribution >= 4 is 73.6 Å². The summed E-state index contributed by atoms with van der Waals surface area (Å²) in [5.41, 5.74) is 0.288. The first-order chi connectivity index (χ1) is 21.1. The van der Waals surface area contributed by atoms with Crippen LogP contribution in [0.15, 0.2) is 55.1 Å². The van der Waals surface area contributed by atoms with Gasteiger partial charge in [-0.25, -0.2) is 26.4 Å². The zero-order valence-electron chi connectivity index (χ0n) is 25.0. The third kappa shape index (κ3) is 13.2. The molecule has 0 spiro atoms. The molecule has 45 heavy (non-hydrogen) atoms. The van der Waals surface area contributed by atoms with Crippen LogP contribution in [0.25, 0.3) is 0 Å². The molecule has 1 saturated carbocycles. The zero-order valence-corrected chi connectivity index (χ0v) is 30.5. The molecule has 2 aromatic carbocycles. The van der Waals surface area contributed by atoms with Crippen molar-refractivity contribution < 1.29 is 46.1 Å². The summed E-state index contributed by atoms with van der Waals surface area (Å²) >= 11 is 6.29. The molecule has 0 amide bonds. The maximum atomic E-state index is 12.7. The van der Waals surface area contributed by atoms with E-state index >= 15 is 0 Å². The van der Waals surface area contributed by atoms with Crippen LogP contribution in [0.1, 0.15) is 78.5 Å². The van der Waals surface area contributed by atoms with Gasteiger partial charge in [-0.15, -0.1) is 0 Å². The summed E-state index contributed by atoms with van der Waals surface area (Å²) in [6.45, 7) is 0.628. The Morgan fingerprint density at radius 1 is 0.711 bits per heavy atom. The molecule has 11 nitrogen and oxygen atoms in total. The highest BCUT2D eigenvalue weighted by Gasteiger charge is 2.28. The van der Waals surface area contributed by atoms with Crippen molar-refractivity contribution in [3.05, 3.63) is 56.5 Å². The molecule has 0 bridgehead atoms. The van der Waals surface area contributed by atoms with E-state index in [1.807, 2.05) is 0 Å². The lowest BCUT2D eigenvalue weighted by molar-refractivity contribution is 0.0591. The Kier molecular flexibility index (Phi) is 16.4. The third-order valence-corrected chi connectivity index (χ3v) is 11.1. The molecule has 0 aromatic heterocycles. The van der Waals surface area contributed by atoms with Gasteiger partial charge in [0.1, 0.15) is 0 Å². The molecule has 16 heteroatoms. The lowest BCUT2D eigenvalue weighted by atomic mass is 10.2. The van der Waals surface area contributed by atoms with Gasteiger partial charge in [-0.1, -0.05) is 57.5 Å². The molecular weight excluding hydrogens is 782 g/mol. The monoisotopic (exact) mass is 817 g/mol. The number of aliphatic hydroxyl groups is 2. The fraction of sp³-hybridized carbons (Fsp3) is 0.517. The number of carbonyl (C=O) groups is 2. The van der Waals surface area contributed by atoms with Crippen molar-refractivity contribution in [2.75, 3.05) is 27.3 Å². The predicted octanol–water partition coefficient (Wildman–Crippen LogP) is 5.64. The van der Waals surface area contributed by atoms with Crippen LogP contribution in [0.5, 0.6) is 0 Å². The van der Waals surface area contributed by atoms with Crippen LogP contribution in [-0.4, -0.2) is 82.8 Å². The van der Waals surface area contributed by atoms with Crippen molar-refractivity contribution in [1.82, 2.24) is 4.31 Å². The van der Waals surface area contributed by atoms with Gasteiger partial charge in [-0.05, 0) is 68.5 Å². The molecular formula is C29H38Br2ClNO10S2. The number of carbonyl (C=O) groups excluding carboxylic acids is 2. The average molecular weight is 820 g/mol. The highest BCUT2D eigenvalue weighted by atomic mass is 79.9. The van der Waals surface area contributed by atoms with E-state index in [1.54, 1.807) is 0 Å². The Bertz CT molecular complexity index is 1510. The van der Waals surface area contributed by atoms with Crippen molar-refractivity contribution in [1.29, 1.82) is 0 Å². The minimum atomic E-state index is -3.86. The number of rotatable bonds is 5. The summed E-state index contributed by atoms with van der Waals surface area (Å²) in [6.07, 6.45) is 8.40. The molecule has 1 unspecified atom stereocenters. The quantitative estimate of drug-likeness (QED) is 0.219. The van der Waals surface area contributed by atoms with Crippen molar-refractivity contribution in [3.8, 4) is 0 Å². The molecule has 1 aliphatic heterocycles. The van der Waals surface area contributed by atoms with E-state index in [1.165, 1.54) is 74.5 Å². The van der Waals surface area contributed by atoms with Gasteiger partial charge in [-0.3, -0.25) is 0 Å². The predicted molar refractivity (Wildman–Crippen MR) is 176 cm³/mol. The first-order valence-corrected chi connectivity index (χ1v) is 19.5. The molecule has 252 valence electrons. The first kappa shape index (κ1) is 39.6. The summed E-state index contributed by atoms with van der Waals surface area (Å²) in [6, 6.07) is 8.18. The van der Waals surface area contributed by atoms with Crippen molar-refractivity contribution in [2.45, 2.75) is 79.8 Å². The normalized spacial score (nSPS) is 18.2. The Morgan fingerprint density at radius 3 is 1.64 bits per heavy atom. The lowest BCUT2D eigenvalue weighted by Gasteiger charge is -2.20. The van der Waals surface area contributed by atoms with Gasteiger partial charge in [-0.2, -0.15) is 4.31 Å². The number of methoxy groups -OCH3 is 2. The van der Waals surface area contributed by atoms with Crippen molar-refractivity contribution in [3.63, 3.8) is 0 Å². The maximum absolute atomic E-state index is 12.7. The maximum Gasteiger partial charge on any atom is 0.337 e. The van der Waals surface area contributed by atoms with Crippen LogP contribution in [0.4, 0.5) is 0 Å². The van der Waals surface area contributed by atoms with Crippen LogP contribution in [0.3, 0.4) is 0 Å². The number of sulfonamides is 1. The number of hydrogen-bond acceptors (Lipinski definition) is 10. The molecule has 4 rings (SSSR count). The highest BCUT2D eigenvalue weighted by molar-refractivity contribution is 9.10. The molecule has 2 aliphatic rings. The minimum absolute atomic E-state index is 0.0255. The van der Waals surface area contributed by atoms with Gasteiger partial charge in [0.05, 0.1) is 47.3 Å². The second-order valence-corrected chi connectivity index (χ2v) is 16.7. The fourth-order valence-corrected chi connectivity index (χ4v) is 8.24. The Morgan fingerprint density at radius 2 is 1.16 bits per heavy atom. The summed E-state index contributed by atoms with van der Waals surface area (Å²) < 4.78 is 58.9. The van der Waals surface area contributed by atoms with E-state index in [9.17, 15) is 31.5 Å². The Labute approximate surface area is 286 Å².